The number of hydrogen-bond donors (Lipinski definition) is 4. The fraction of sp³-hybridized carbons (Fsp3) is 0.192. The van der Waals surface area contributed by atoms with Crippen molar-refractivity contribution in [2.75, 3.05) is 6.61 Å². The first-order valence-electron chi connectivity index (χ1n) is 10.4. The Labute approximate surface area is 181 Å². The second-order valence-electron chi connectivity index (χ2n) is 7.80. The molecule has 0 aliphatic rings. The van der Waals surface area contributed by atoms with Gasteiger partial charge in [-0.1, -0.05) is 54.6 Å². The predicted octanol–water partition coefficient (Wildman–Crippen LogP) is 3.97. The van der Waals surface area contributed by atoms with Gasteiger partial charge in [0.1, 0.15) is 0 Å². The van der Waals surface area contributed by atoms with Gasteiger partial charge in [-0.2, -0.15) is 0 Å². The molecule has 0 saturated carbocycles. The van der Waals surface area contributed by atoms with E-state index < -0.39 is 0 Å². The van der Waals surface area contributed by atoms with Gasteiger partial charge in [0.2, 0.25) is 0 Å². The van der Waals surface area contributed by atoms with Gasteiger partial charge in [0.15, 0.2) is 0 Å². The number of carbonyl (C=O) groups is 1. The Balaban J connectivity index is 1.48. The number of aliphatic hydroxyl groups is 2. The molecule has 0 fully saturated rings. The van der Waals surface area contributed by atoms with E-state index in [0.29, 0.717) is 12.0 Å². The van der Waals surface area contributed by atoms with Crippen LogP contribution in [0.15, 0.2) is 72.9 Å². The Morgan fingerprint density at radius 1 is 1.00 bits per heavy atom. The fourth-order valence-corrected chi connectivity index (χ4v) is 3.89. The molecular formula is C26H26N2O3. The third-order valence-corrected chi connectivity index (χ3v) is 5.64. The van der Waals surface area contributed by atoms with E-state index in [1.54, 1.807) is 0 Å². The quantitative estimate of drug-likeness (QED) is 0.369. The van der Waals surface area contributed by atoms with Crippen LogP contribution in [0.1, 0.15) is 27.0 Å². The highest BCUT2D eigenvalue weighted by Gasteiger charge is 2.17. The Hall–Kier alpha value is -3.41. The molecule has 1 heterocycles. The second-order valence-corrected chi connectivity index (χ2v) is 7.80. The summed E-state index contributed by atoms with van der Waals surface area (Å²) in [5.41, 5.74) is 6.46. The number of para-hydroxylation sites is 1. The number of aromatic amines is 1. The molecule has 0 bridgehead atoms. The zero-order valence-corrected chi connectivity index (χ0v) is 17.4. The lowest BCUT2D eigenvalue weighted by Crippen LogP contribution is -2.39. The first kappa shape index (κ1) is 20.8. The third kappa shape index (κ3) is 4.53. The molecule has 1 aromatic heterocycles. The smallest absolute Gasteiger partial charge is 0.251 e. The maximum atomic E-state index is 12.9. The number of H-pyrrole nitrogens is 1. The fourth-order valence-electron chi connectivity index (χ4n) is 3.89. The highest BCUT2D eigenvalue weighted by molar-refractivity contribution is 5.96. The minimum Gasteiger partial charge on any atom is -0.394 e. The standard InChI is InChI=1S/C26H26N2O3/c1-17-12-20(19-8-6-18(15-29)7-9-19)10-11-23(17)26(31)28-22(16-30)13-21-14-27-25-5-3-2-4-24(21)25/h2-12,14,22,27,29-30H,13,15-16H2,1H3,(H,28,31)/t22-/m1/s1. The number of fused-ring (bicyclic) bond motifs is 1. The van der Waals surface area contributed by atoms with Crippen LogP contribution in [0.3, 0.4) is 0 Å². The summed E-state index contributed by atoms with van der Waals surface area (Å²) in [7, 11) is 0. The zero-order chi connectivity index (χ0) is 21.8. The monoisotopic (exact) mass is 414 g/mol. The molecule has 158 valence electrons. The summed E-state index contributed by atoms with van der Waals surface area (Å²) in [6, 6.07) is 21.0. The summed E-state index contributed by atoms with van der Waals surface area (Å²) in [6.45, 7) is 1.79. The lowest BCUT2D eigenvalue weighted by molar-refractivity contribution is 0.0916. The van der Waals surface area contributed by atoms with Gasteiger partial charge in [-0.15, -0.1) is 0 Å². The number of nitrogens with one attached hydrogen (secondary N) is 2. The van der Waals surface area contributed by atoms with Crippen molar-refractivity contribution in [1.82, 2.24) is 10.3 Å². The van der Waals surface area contributed by atoms with Crippen LogP contribution in [-0.4, -0.2) is 33.8 Å². The number of aromatic nitrogens is 1. The molecule has 0 aliphatic carbocycles. The highest BCUT2D eigenvalue weighted by Crippen LogP contribution is 2.23. The molecule has 1 atom stereocenters. The molecule has 0 aliphatic heterocycles. The van der Waals surface area contributed by atoms with Crippen LogP contribution < -0.4 is 5.32 Å². The van der Waals surface area contributed by atoms with Crippen molar-refractivity contribution >= 4 is 16.8 Å². The van der Waals surface area contributed by atoms with Crippen molar-refractivity contribution in [1.29, 1.82) is 0 Å². The van der Waals surface area contributed by atoms with Gasteiger partial charge in [0, 0.05) is 22.7 Å². The largest absolute Gasteiger partial charge is 0.394 e. The number of aliphatic hydroxyl groups excluding tert-OH is 2. The van der Waals surface area contributed by atoms with Crippen LogP contribution in [0.5, 0.6) is 0 Å². The van der Waals surface area contributed by atoms with E-state index in [2.05, 4.69) is 10.3 Å². The van der Waals surface area contributed by atoms with E-state index in [0.717, 1.165) is 38.7 Å². The van der Waals surface area contributed by atoms with E-state index in [-0.39, 0.29) is 25.2 Å². The molecule has 5 nitrogen and oxygen atoms in total. The molecule has 4 N–H and O–H groups in total. The molecule has 5 heteroatoms. The summed E-state index contributed by atoms with van der Waals surface area (Å²) in [4.78, 5) is 16.1. The van der Waals surface area contributed by atoms with Crippen LogP contribution in [0, 0.1) is 6.92 Å². The minimum absolute atomic E-state index is 0.0169. The molecule has 31 heavy (non-hydrogen) atoms. The van der Waals surface area contributed by atoms with Crippen LogP contribution >= 0.6 is 0 Å². The molecule has 1 amide bonds. The number of benzene rings is 3. The third-order valence-electron chi connectivity index (χ3n) is 5.64. The minimum atomic E-state index is -0.378. The van der Waals surface area contributed by atoms with Gasteiger partial charge in [0.25, 0.3) is 5.91 Å². The van der Waals surface area contributed by atoms with E-state index in [1.165, 1.54) is 0 Å². The first-order valence-corrected chi connectivity index (χ1v) is 10.4. The van der Waals surface area contributed by atoms with E-state index in [9.17, 15) is 15.0 Å². The Kier molecular flexibility index (Phi) is 6.16. The predicted molar refractivity (Wildman–Crippen MR) is 123 cm³/mol. The van der Waals surface area contributed by atoms with Crippen LogP contribution in [-0.2, 0) is 13.0 Å². The van der Waals surface area contributed by atoms with Gasteiger partial charge in [-0.3, -0.25) is 4.79 Å². The summed E-state index contributed by atoms with van der Waals surface area (Å²) in [5, 5.41) is 23.1. The molecule has 0 spiro atoms. The van der Waals surface area contributed by atoms with Crippen molar-refractivity contribution in [2.24, 2.45) is 0 Å². The Morgan fingerprint density at radius 3 is 2.45 bits per heavy atom. The van der Waals surface area contributed by atoms with Crippen molar-refractivity contribution in [3.63, 3.8) is 0 Å². The maximum absolute atomic E-state index is 12.9. The summed E-state index contributed by atoms with van der Waals surface area (Å²) in [5.74, 6) is -0.196. The number of rotatable bonds is 7. The highest BCUT2D eigenvalue weighted by atomic mass is 16.3. The molecule has 0 radical (unpaired) electrons. The van der Waals surface area contributed by atoms with Crippen molar-refractivity contribution in [2.45, 2.75) is 26.0 Å². The second kappa shape index (κ2) is 9.16. The Bertz CT molecular complexity index is 1190. The topological polar surface area (TPSA) is 85.3 Å². The molecule has 0 saturated heterocycles. The normalized spacial score (nSPS) is 12.1. The summed E-state index contributed by atoms with van der Waals surface area (Å²) in [6.07, 6.45) is 2.47. The molecular weight excluding hydrogens is 388 g/mol. The van der Waals surface area contributed by atoms with Gasteiger partial charge < -0.3 is 20.5 Å². The van der Waals surface area contributed by atoms with Crippen LogP contribution in [0.4, 0.5) is 0 Å². The lowest BCUT2D eigenvalue weighted by atomic mass is 9.98. The van der Waals surface area contributed by atoms with Crippen molar-refractivity contribution in [3.05, 3.63) is 95.2 Å². The van der Waals surface area contributed by atoms with E-state index in [4.69, 9.17) is 0 Å². The van der Waals surface area contributed by atoms with Crippen molar-refractivity contribution in [3.8, 4) is 11.1 Å². The van der Waals surface area contributed by atoms with Gasteiger partial charge in [-0.25, -0.2) is 0 Å². The first-order chi connectivity index (χ1) is 15.1. The number of carbonyl (C=O) groups excluding carboxylic acids is 1. The lowest BCUT2D eigenvalue weighted by Gasteiger charge is -2.17. The van der Waals surface area contributed by atoms with Gasteiger partial charge in [0.05, 0.1) is 19.3 Å². The number of amides is 1. The van der Waals surface area contributed by atoms with E-state index >= 15 is 0 Å². The molecule has 0 unspecified atom stereocenters. The average molecular weight is 415 g/mol. The van der Waals surface area contributed by atoms with E-state index in [1.807, 2.05) is 79.9 Å². The van der Waals surface area contributed by atoms with Gasteiger partial charge >= 0.3 is 0 Å². The van der Waals surface area contributed by atoms with Crippen LogP contribution in [0.2, 0.25) is 0 Å². The molecule has 4 aromatic rings. The Morgan fingerprint density at radius 2 is 1.74 bits per heavy atom. The van der Waals surface area contributed by atoms with Crippen LogP contribution in [0.25, 0.3) is 22.0 Å². The molecule has 3 aromatic carbocycles. The molecule has 4 rings (SSSR count). The average Bonchev–Trinajstić information content (AvgIpc) is 3.21. The number of aryl methyl sites for hydroxylation is 1. The van der Waals surface area contributed by atoms with Gasteiger partial charge in [-0.05, 0) is 53.3 Å². The number of hydrogen-bond acceptors (Lipinski definition) is 3. The van der Waals surface area contributed by atoms with Crippen molar-refractivity contribution < 1.29 is 15.0 Å². The maximum Gasteiger partial charge on any atom is 0.251 e. The SMILES string of the molecule is Cc1cc(-c2ccc(CO)cc2)ccc1C(=O)N[C@@H](CO)Cc1c[nH]c2ccccc12. The summed E-state index contributed by atoms with van der Waals surface area (Å²) >= 11 is 0. The summed E-state index contributed by atoms with van der Waals surface area (Å²) < 4.78 is 0. The zero-order valence-electron chi connectivity index (χ0n) is 17.4.